The zero-order valence-electron chi connectivity index (χ0n) is 20.4. The molecule has 6 N–H and O–H groups in total. The number of nitrogens with one attached hydrogen (secondary N) is 2. The molecule has 2 aromatic heterocycles. The number of aliphatic hydroxyl groups is 1. The van der Waals surface area contributed by atoms with Crippen LogP contribution < -0.4 is 20.7 Å². The highest BCUT2D eigenvalue weighted by molar-refractivity contribution is 7.52. The molecular weight excluding hydrogens is 524 g/mol. The Bertz CT molecular complexity index is 1380. The van der Waals surface area contributed by atoms with Crippen molar-refractivity contribution in [3.8, 4) is 5.75 Å². The number of halogens is 1. The van der Waals surface area contributed by atoms with E-state index in [0.29, 0.717) is 5.82 Å². The van der Waals surface area contributed by atoms with E-state index in [1.54, 1.807) is 25.2 Å². The van der Waals surface area contributed by atoms with E-state index >= 15 is 4.39 Å². The average Bonchev–Trinajstić information content (AvgIpc) is 3.41. The summed E-state index contributed by atoms with van der Waals surface area (Å²) in [5.74, 6) is -1.00. The van der Waals surface area contributed by atoms with Crippen molar-refractivity contribution in [2.24, 2.45) is 0 Å². The lowest BCUT2D eigenvalue weighted by Crippen LogP contribution is -2.42. The van der Waals surface area contributed by atoms with Gasteiger partial charge in [-0.2, -0.15) is 15.1 Å². The van der Waals surface area contributed by atoms with E-state index in [1.165, 1.54) is 30.0 Å². The Kier molecular flexibility index (Phi) is 7.67. The highest BCUT2D eigenvalue weighted by Crippen LogP contribution is 2.48. The van der Waals surface area contributed by atoms with Crippen molar-refractivity contribution in [2.75, 3.05) is 24.7 Å². The molecule has 1 fully saturated rings. The number of rotatable bonds is 11. The number of hydrogen-bond acceptors (Lipinski definition) is 11. The van der Waals surface area contributed by atoms with Crippen LogP contribution in [0.1, 0.15) is 13.2 Å². The molecule has 14 nitrogen and oxygen atoms in total. The SMILES string of the molecule is C=C[C@@]1(F)[C@H](O)[C@@H](CO[P@@](=O)(N[C@@H](C)C(=O)O)Oc2ccccc2)O[C@H]1n1cnc2c(NC)nc(N)nc21. The van der Waals surface area contributed by atoms with Gasteiger partial charge in [0.15, 0.2) is 23.2 Å². The standard InChI is InChI=1S/C22H27FN7O7P/c1-4-22(23)16(31)14(36-20(22)30-11-26-15-17(25-3)27-21(24)28-18(15)30)10-35-38(34,29-12(2)19(32)33)37-13-8-6-5-7-9-13/h4-9,11-12,14,16,20,31H,1,10H2,2-3H3,(H,29,34)(H,32,33)(H3,24,25,27,28)/t12-,14+,16+,20+,22+,38-/m0/s1. The molecule has 204 valence electrons. The molecule has 0 radical (unpaired) electrons. The third kappa shape index (κ3) is 5.19. The Morgan fingerprint density at radius 2 is 2.13 bits per heavy atom. The highest BCUT2D eigenvalue weighted by atomic mass is 31.2. The normalized spacial score (nSPS) is 25.5. The molecule has 0 unspecified atom stereocenters. The van der Waals surface area contributed by atoms with Crippen molar-refractivity contribution in [2.45, 2.75) is 37.1 Å². The maximum absolute atomic E-state index is 16.1. The van der Waals surface area contributed by atoms with Crippen LogP contribution in [0.5, 0.6) is 5.75 Å². The number of fused-ring (bicyclic) bond motifs is 1. The quantitative estimate of drug-likeness (QED) is 0.171. The maximum Gasteiger partial charge on any atom is 0.459 e. The van der Waals surface area contributed by atoms with Crippen LogP contribution >= 0.6 is 7.75 Å². The summed E-state index contributed by atoms with van der Waals surface area (Å²) in [6.45, 7) is 4.09. The van der Waals surface area contributed by atoms with Gasteiger partial charge in [-0.05, 0) is 25.1 Å². The van der Waals surface area contributed by atoms with Crippen molar-refractivity contribution in [3.63, 3.8) is 0 Å². The van der Waals surface area contributed by atoms with Gasteiger partial charge in [0, 0.05) is 7.05 Å². The van der Waals surface area contributed by atoms with Crippen LogP contribution in [0.15, 0.2) is 49.3 Å². The summed E-state index contributed by atoms with van der Waals surface area (Å²) in [5, 5.41) is 25.3. The molecule has 0 amide bonds. The van der Waals surface area contributed by atoms with Gasteiger partial charge < -0.3 is 30.5 Å². The average molecular weight is 551 g/mol. The third-order valence-electron chi connectivity index (χ3n) is 5.83. The summed E-state index contributed by atoms with van der Waals surface area (Å²) in [4.78, 5) is 23.7. The summed E-state index contributed by atoms with van der Waals surface area (Å²) in [5.41, 5.74) is 3.62. The number of aliphatic carboxylic acids is 1. The Morgan fingerprint density at radius 3 is 2.76 bits per heavy atom. The molecule has 0 saturated carbocycles. The number of nitrogen functional groups attached to an aromatic ring is 1. The largest absolute Gasteiger partial charge is 0.480 e. The molecule has 16 heteroatoms. The number of aliphatic hydroxyl groups excluding tert-OH is 1. The fourth-order valence-electron chi connectivity index (χ4n) is 3.86. The lowest BCUT2D eigenvalue weighted by atomic mass is 9.96. The van der Waals surface area contributed by atoms with Gasteiger partial charge in [-0.3, -0.25) is 13.9 Å². The number of alkyl halides is 1. The number of hydrogen-bond donors (Lipinski definition) is 5. The van der Waals surface area contributed by atoms with Crippen LogP contribution in [0.3, 0.4) is 0 Å². The highest BCUT2D eigenvalue weighted by Gasteiger charge is 2.57. The number of nitrogens with two attached hydrogens (primary N) is 1. The molecule has 1 aromatic carbocycles. The predicted octanol–water partition coefficient (Wildman–Crippen LogP) is 1.87. The van der Waals surface area contributed by atoms with E-state index in [0.717, 1.165) is 6.08 Å². The second-order valence-corrected chi connectivity index (χ2v) is 10.1. The topological polar surface area (TPSA) is 196 Å². The van der Waals surface area contributed by atoms with Gasteiger partial charge in [0.2, 0.25) is 11.6 Å². The number of benzene rings is 1. The molecule has 1 saturated heterocycles. The molecule has 1 aliphatic rings. The number of nitrogens with zero attached hydrogens (tertiary/aromatic N) is 4. The van der Waals surface area contributed by atoms with Crippen molar-refractivity contribution >= 4 is 36.6 Å². The zero-order valence-corrected chi connectivity index (χ0v) is 21.3. The first-order valence-electron chi connectivity index (χ1n) is 11.3. The summed E-state index contributed by atoms with van der Waals surface area (Å²) >= 11 is 0. The van der Waals surface area contributed by atoms with Gasteiger partial charge in [-0.1, -0.05) is 24.8 Å². The lowest BCUT2D eigenvalue weighted by Gasteiger charge is -2.25. The van der Waals surface area contributed by atoms with Crippen molar-refractivity contribution in [1.82, 2.24) is 24.6 Å². The smallest absolute Gasteiger partial charge is 0.459 e. The lowest BCUT2D eigenvalue weighted by molar-refractivity contribution is -0.138. The van der Waals surface area contributed by atoms with Gasteiger partial charge in [0.25, 0.3) is 0 Å². The molecule has 6 atom stereocenters. The van der Waals surface area contributed by atoms with E-state index in [9.17, 15) is 19.6 Å². The molecule has 0 aliphatic carbocycles. The fraction of sp³-hybridized carbons (Fsp3) is 0.364. The van der Waals surface area contributed by atoms with Crippen LogP contribution in [0, 0.1) is 0 Å². The second-order valence-electron chi connectivity index (χ2n) is 8.39. The minimum atomic E-state index is -4.35. The molecule has 3 heterocycles. The van der Waals surface area contributed by atoms with E-state index in [-0.39, 0.29) is 22.9 Å². The van der Waals surface area contributed by atoms with Gasteiger partial charge in [-0.25, -0.2) is 13.9 Å². The number of anilines is 2. The summed E-state index contributed by atoms with van der Waals surface area (Å²) < 4.78 is 47.5. The first-order valence-corrected chi connectivity index (χ1v) is 12.9. The number of para-hydroxylation sites is 1. The van der Waals surface area contributed by atoms with E-state index < -0.39 is 50.5 Å². The number of carbonyl (C=O) groups is 1. The fourth-order valence-corrected chi connectivity index (χ4v) is 5.37. The first-order chi connectivity index (χ1) is 18.0. The Morgan fingerprint density at radius 1 is 1.42 bits per heavy atom. The zero-order chi connectivity index (χ0) is 27.7. The Balaban J connectivity index is 1.61. The Hall–Kier alpha value is -3.62. The first kappa shape index (κ1) is 27.4. The minimum absolute atomic E-state index is 0.109. The van der Waals surface area contributed by atoms with Crippen LogP contribution in [0.4, 0.5) is 16.2 Å². The molecule has 0 spiro atoms. The molecule has 1 aliphatic heterocycles. The molecule has 4 rings (SSSR count). The number of carboxylic acid groups (broad SMARTS) is 1. The molecule has 3 aromatic rings. The molecular formula is C22H27FN7O7P. The van der Waals surface area contributed by atoms with E-state index in [2.05, 4.69) is 31.9 Å². The van der Waals surface area contributed by atoms with E-state index in [1.807, 2.05) is 0 Å². The predicted molar refractivity (Wildman–Crippen MR) is 134 cm³/mol. The van der Waals surface area contributed by atoms with Crippen LogP contribution in [0.2, 0.25) is 0 Å². The van der Waals surface area contributed by atoms with Gasteiger partial charge >= 0.3 is 13.7 Å². The number of ether oxygens (including phenoxy) is 1. The van der Waals surface area contributed by atoms with E-state index in [4.69, 9.17) is 19.5 Å². The summed E-state index contributed by atoms with van der Waals surface area (Å²) in [6.07, 6.45) is -2.63. The number of imidazole rings is 1. The van der Waals surface area contributed by atoms with Crippen molar-refractivity contribution < 1.29 is 37.7 Å². The second kappa shape index (κ2) is 10.6. The van der Waals surface area contributed by atoms with Crippen LogP contribution in [0.25, 0.3) is 11.2 Å². The van der Waals surface area contributed by atoms with Gasteiger partial charge in [0.1, 0.15) is 24.0 Å². The monoisotopic (exact) mass is 551 g/mol. The van der Waals surface area contributed by atoms with Crippen LogP contribution in [-0.2, 0) is 18.6 Å². The van der Waals surface area contributed by atoms with Crippen molar-refractivity contribution in [3.05, 3.63) is 49.3 Å². The Labute approximate surface area is 216 Å². The van der Waals surface area contributed by atoms with Gasteiger partial charge in [0.05, 0.1) is 12.9 Å². The maximum atomic E-state index is 16.1. The number of carboxylic acids is 1. The molecule has 0 bridgehead atoms. The van der Waals surface area contributed by atoms with Gasteiger partial charge in [-0.15, -0.1) is 0 Å². The molecule has 38 heavy (non-hydrogen) atoms. The van der Waals surface area contributed by atoms with Crippen molar-refractivity contribution in [1.29, 1.82) is 0 Å². The summed E-state index contributed by atoms with van der Waals surface area (Å²) in [7, 11) is -2.75. The summed E-state index contributed by atoms with van der Waals surface area (Å²) in [6, 6.07) is 6.57. The minimum Gasteiger partial charge on any atom is -0.480 e. The van der Waals surface area contributed by atoms with Crippen LogP contribution in [-0.4, -0.2) is 73.3 Å². The number of aromatic nitrogens is 4. The third-order valence-corrected chi connectivity index (χ3v) is 7.47.